The fourth-order valence-corrected chi connectivity index (χ4v) is 2.41. The molecule has 22 heavy (non-hydrogen) atoms. The lowest BCUT2D eigenvalue weighted by molar-refractivity contribution is -0.134. The standard InChI is InChI=1S/C15H18ClN3O3/c1-3-8-17-12(20)9-19-13(21)15(2,18-14(19)22)10-4-6-11(16)7-5-10/h4-7H,3,8-9H2,1-2H3,(H,17,20)(H,18,22). The smallest absolute Gasteiger partial charge is 0.325 e. The van der Waals surface area contributed by atoms with Gasteiger partial charge in [0.1, 0.15) is 12.1 Å². The highest BCUT2D eigenvalue weighted by molar-refractivity contribution is 6.30. The Hall–Kier alpha value is -2.08. The van der Waals surface area contributed by atoms with E-state index in [1.165, 1.54) is 0 Å². The number of hydrogen-bond donors (Lipinski definition) is 2. The van der Waals surface area contributed by atoms with Crippen LogP contribution in [0.1, 0.15) is 25.8 Å². The van der Waals surface area contributed by atoms with Gasteiger partial charge in [0.05, 0.1) is 0 Å². The number of benzene rings is 1. The van der Waals surface area contributed by atoms with E-state index in [-0.39, 0.29) is 12.5 Å². The molecule has 1 saturated heterocycles. The van der Waals surface area contributed by atoms with E-state index >= 15 is 0 Å². The van der Waals surface area contributed by atoms with Gasteiger partial charge in [0.25, 0.3) is 5.91 Å². The van der Waals surface area contributed by atoms with Gasteiger partial charge in [-0.1, -0.05) is 30.7 Å². The third kappa shape index (κ3) is 3.06. The van der Waals surface area contributed by atoms with Gasteiger partial charge in [-0.25, -0.2) is 4.79 Å². The average molecular weight is 324 g/mol. The SMILES string of the molecule is CCCNC(=O)CN1C(=O)NC(C)(c2ccc(Cl)cc2)C1=O. The Bertz CT molecular complexity index is 603. The number of hydrogen-bond acceptors (Lipinski definition) is 3. The van der Waals surface area contributed by atoms with Crippen molar-refractivity contribution in [1.29, 1.82) is 0 Å². The lowest BCUT2D eigenvalue weighted by Crippen LogP contribution is -2.43. The largest absolute Gasteiger partial charge is 0.355 e. The molecule has 1 aliphatic rings. The summed E-state index contributed by atoms with van der Waals surface area (Å²) in [5.74, 6) is -0.808. The Balaban J connectivity index is 2.17. The van der Waals surface area contributed by atoms with Crippen LogP contribution in [0.3, 0.4) is 0 Å². The molecule has 1 aromatic carbocycles. The zero-order valence-corrected chi connectivity index (χ0v) is 13.2. The van der Waals surface area contributed by atoms with E-state index in [4.69, 9.17) is 11.6 Å². The first kappa shape index (κ1) is 16.3. The number of amides is 4. The molecule has 1 heterocycles. The molecule has 0 spiro atoms. The number of carbonyl (C=O) groups is 3. The molecule has 1 fully saturated rings. The maximum atomic E-state index is 12.6. The Morgan fingerprint density at radius 3 is 2.55 bits per heavy atom. The predicted octanol–water partition coefficient (Wildman–Crippen LogP) is 1.63. The van der Waals surface area contributed by atoms with Gasteiger partial charge < -0.3 is 10.6 Å². The van der Waals surface area contributed by atoms with E-state index < -0.39 is 17.5 Å². The molecule has 4 amide bonds. The number of carbonyl (C=O) groups excluding carboxylic acids is 3. The van der Waals surface area contributed by atoms with E-state index in [2.05, 4.69) is 10.6 Å². The van der Waals surface area contributed by atoms with Crippen LogP contribution in [-0.2, 0) is 15.1 Å². The monoisotopic (exact) mass is 323 g/mol. The Labute approximate surface area is 133 Å². The van der Waals surface area contributed by atoms with Crippen molar-refractivity contribution in [2.75, 3.05) is 13.1 Å². The fourth-order valence-electron chi connectivity index (χ4n) is 2.28. The lowest BCUT2D eigenvalue weighted by atomic mass is 9.92. The zero-order valence-electron chi connectivity index (χ0n) is 12.5. The second-order valence-corrected chi connectivity index (χ2v) is 5.74. The van der Waals surface area contributed by atoms with Crippen molar-refractivity contribution in [3.8, 4) is 0 Å². The van der Waals surface area contributed by atoms with E-state index in [9.17, 15) is 14.4 Å². The molecule has 0 aliphatic carbocycles. The summed E-state index contributed by atoms with van der Waals surface area (Å²) in [6.07, 6.45) is 0.786. The number of rotatable bonds is 5. The summed E-state index contributed by atoms with van der Waals surface area (Å²) in [7, 11) is 0. The molecule has 1 atom stereocenters. The highest BCUT2D eigenvalue weighted by atomic mass is 35.5. The maximum absolute atomic E-state index is 12.6. The minimum atomic E-state index is -1.19. The van der Waals surface area contributed by atoms with Gasteiger partial charge in [0.2, 0.25) is 5.91 Å². The van der Waals surface area contributed by atoms with Gasteiger partial charge in [-0.2, -0.15) is 0 Å². The summed E-state index contributed by atoms with van der Waals surface area (Å²) in [6.45, 7) is 3.76. The highest BCUT2D eigenvalue weighted by Crippen LogP contribution is 2.29. The molecule has 0 bridgehead atoms. The topological polar surface area (TPSA) is 78.5 Å². The van der Waals surface area contributed by atoms with E-state index in [1.54, 1.807) is 31.2 Å². The third-order valence-corrected chi connectivity index (χ3v) is 3.82. The molecule has 1 unspecified atom stereocenters. The van der Waals surface area contributed by atoms with Crippen LogP contribution in [0.15, 0.2) is 24.3 Å². The molecule has 0 aromatic heterocycles. The van der Waals surface area contributed by atoms with Crippen molar-refractivity contribution in [3.63, 3.8) is 0 Å². The first-order chi connectivity index (χ1) is 10.4. The van der Waals surface area contributed by atoms with Crippen LogP contribution in [0.2, 0.25) is 5.02 Å². The number of halogens is 1. The van der Waals surface area contributed by atoms with Crippen molar-refractivity contribution in [1.82, 2.24) is 15.5 Å². The quantitative estimate of drug-likeness (QED) is 0.808. The molecule has 0 saturated carbocycles. The highest BCUT2D eigenvalue weighted by Gasteiger charge is 2.49. The average Bonchev–Trinajstić information content (AvgIpc) is 2.70. The molecule has 7 heteroatoms. The van der Waals surface area contributed by atoms with Gasteiger partial charge in [-0.3, -0.25) is 14.5 Å². The van der Waals surface area contributed by atoms with Gasteiger partial charge >= 0.3 is 6.03 Å². The first-order valence-electron chi connectivity index (χ1n) is 7.05. The van der Waals surface area contributed by atoms with Crippen LogP contribution in [0.5, 0.6) is 0 Å². The maximum Gasteiger partial charge on any atom is 0.325 e. The predicted molar refractivity (Wildman–Crippen MR) is 82.3 cm³/mol. The summed E-state index contributed by atoms with van der Waals surface area (Å²) >= 11 is 5.84. The molecule has 1 aliphatic heterocycles. The summed E-state index contributed by atoms with van der Waals surface area (Å²) in [5.41, 5.74) is -0.570. The summed E-state index contributed by atoms with van der Waals surface area (Å²) < 4.78 is 0. The van der Waals surface area contributed by atoms with Gasteiger partial charge in [0, 0.05) is 11.6 Å². The van der Waals surface area contributed by atoms with Crippen molar-refractivity contribution >= 4 is 29.4 Å². The van der Waals surface area contributed by atoms with Crippen molar-refractivity contribution in [2.24, 2.45) is 0 Å². The molecule has 2 N–H and O–H groups in total. The van der Waals surface area contributed by atoms with Crippen LogP contribution in [-0.4, -0.2) is 35.8 Å². The van der Waals surface area contributed by atoms with Crippen molar-refractivity contribution < 1.29 is 14.4 Å². The van der Waals surface area contributed by atoms with Crippen LogP contribution in [0.4, 0.5) is 4.79 Å². The molecule has 6 nitrogen and oxygen atoms in total. The second-order valence-electron chi connectivity index (χ2n) is 5.30. The molecule has 1 aromatic rings. The molecular weight excluding hydrogens is 306 g/mol. The van der Waals surface area contributed by atoms with E-state index in [1.807, 2.05) is 6.92 Å². The Morgan fingerprint density at radius 1 is 1.32 bits per heavy atom. The van der Waals surface area contributed by atoms with Gasteiger partial charge in [0.15, 0.2) is 0 Å². The minimum Gasteiger partial charge on any atom is -0.355 e. The molecule has 2 rings (SSSR count). The summed E-state index contributed by atoms with van der Waals surface area (Å²) in [5, 5.41) is 5.83. The molecule has 118 valence electrons. The summed E-state index contributed by atoms with van der Waals surface area (Å²) in [6, 6.07) is 6.09. The molecular formula is C15H18ClN3O3. The van der Waals surface area contributed by atoms with Crippen molar-refractivity contribution in [3.05, 3.63) is 34.9 Å². The summed E-state index contributed by atoms with van der Waals surface area (Å²) in [4.78, 5) is 37.3. The third-order valence-electron chi connectivity index (χ3n) is 3.57. The second kappa shape index (κ2) is 6.36. The minimum absolute atomic E-state index is 0.284. The van der Waals surface area contributed by atoms with E-state index in [0.717, 1.165) is 11.3 Å². The normalized spacial score (nSPS) is 21.0. The first-order valence-corrected chi connectivity index (χ1v) is 7.43. The fraction of sp³-hybridized carbons (Fsp3) is 0.400. The van der Waals surface area contributed by atoms with Crippen LogP contribution in [0, 0.1) is 0 Å². The van der Waals surface area contributed by atoms with Crippen LogP contribution < -0.4 is 10.6 Å². The Morgan fingerprint density at radius 2 is 1.95 bits per heavy atom. The number of imide groups is 1. The number of urea groups is 1. The number of nitrogens with one attached hydrogen (secondary N) is 2. The molecule has 0 radical (unpaired) electrons. The lowest BCUT2D eigenvalue weighted by Gasteiger charge is -2.22. The van der Waals surface area contributed by atoms with Crippen LogP contribution >= 0.6 is 11.6 Å². The van der Waals surface area contributed by atoms with Crippen LogP contribution in [0.25, 0.3) is 0 Å². The zero-order chi connectivity index (χ0) is 16.3. The van der Waals surface area contributed by atoms with Crippen molar-refractivity contribution in [2.45, 2.75) is 25.8 Å². The van der Waals surface area contributed by atoms with Gasteiger partial charge in [-0.15, -0.1) is 0 Å². The number of nitrogens with zero attached hydrogens (tertiary/aromatic N) is 1. The van der Waals surface area contributed by atoms with E-state index in [0.29, 0.717) is 17.1 Å². The van der Waals surface area contributed by atoms with Gasteiger partial charge in [-0.05, 0) is 31.0 Å². The Kier molecular flexibility index (Phi) is 4.71.